The maximum atomic E-state index is 11.9. The van der Waals surface area contributed by atoms with Gasteiger partial charge in [-0.05, 0) is 82.6 Å². The maximum Gasteiger partial charge on any atom is 0.333 e. The smallest absolute Gasteiger partial charge is 0.333 e. The van der Waals surface area contributed by atoms with E-state index in [4.69, 9.17) is 18.9 Å². The summed E-state index contributed by atoms with van der Waals surface area (Å²) < 4.78 is 24.3. The predicted molar refractivity (Wildman–Crippen MR) is 138 cm³/mol. The molecule has 0 aromatic heterocycles. The number of ether oxygens (including phenoxy) is 4. The zero-order chi connectivity index (χ0) is 26.9. The SMILES string of the molecule is C=C1CC[C@@H](CC[C@H]2CC[C@]3(OC2)O[C@@]2(O)CC[C@]3(C)OC2(C)C)C(C)(C)[C@H]1[C@@H](O)/C=C1\CCOC1=O. The van der Waals surface area contributed by atoms with Gasteiger partial charge < -0.3 is 29.2 Å². The molecule has 0 aromatic carbocycles. The Morgan fingerprint density at radius 1 is 1.05 bits per heavy atom. The molecule has 5 saturated heterocycles. The van der Waals surface area contributed by atoms with E-state index < -0.39 is 28.9 Å². The fourth-order valence-electron chi connectivity index (χ4n) is 7.96. The van der Waals surface area contributed by atoms with Gasteiger partial charge in [0.2, 0.25) is 5.79 Å². The summed E-state index contributed by atoms with van der Waals surface area (Å²) in [5.74, 6) is -1.77. The van der Waals surface area contributed by atoms with E-state index in [-0.39, 0.29) is 17.3 Å². The van der Waals surface area contributed by atoms with Crippen LogP contribution >= 0.6 is 0 Å². The van der Waals surface area contributed by atoms with E-state index in [1.54, 1.807) is 6.08 Å². The molecular weight excluding hydrogens is 472 g/mol. The lowest BCUT2D eigenvalue weighted by Gasteiger charge is -2.66. The van der Waals surface area contributed by atoms with Gasteiger partial charge in [-0.25, -0.2) is 4.79 Å². The Hall–Kier alpha value is -1.25. The van der Waals surface area contributed by atoms with Crippen LogP contribution in [0.1, 0.15) is 92.4 Å². The number of aliphatic hydroxyl groups excluding tert-OH is 1. The highest BCUT2D eigenvalue weighted by atomic mass is 16.8. The van der Waals surface area contributed by atoms with Crippen molar-refractivity contribution in [1.29, 1.82) is 0 Å². The third kappa shape index (κ3) is 4.43. The molecule has 0 unspecified atom stereocenters. The van der Waals surface area contributed by atoms with Gasteiger partial charge in [-0.15, -0.1) is 0 Å². The van der Waals surface area contributed by atoms with Crippen LogP contribution < -0.4 is 0 Å². The minimum Gasteiger partial charge on any atom is -0.462 e. The molecule has 0 amide bonds. The van der Waals surface area contributed by atoms with Crippen LogP contribution in [0.25, 0.3) is 0 Å². The quantitative estimate of drug-likeness (QED) is 0.307. The third-order valence-corrected chi connectivity index (χ3v) is 10.5. The van der Waals surface area contributed by atoms with Gasteiger partial charge in [-0.3, -0.25) is 0 Å². The van der Waals surface area contributed by atoms with Crippen LogP contribution in [0, 0.1) is 23.2 Å². The molecule has 1 saturated carbocycles. The summed E-state index contributed by atoms with van der Waals surface area (Å²) in [6.45, 7) is 15.6. The lowest BCUT2D eigenvalue weighted by atomic mass is 9.57. The van der Waals surface area contributed by atoms with Gasteiger partial charge in [0.15, 0.2) is 5.79 Å². The lowest BCUT2D eigenvalue weighted by molar-refractivity contribution is -0.522. The fraction of sp³-hybridized carbons (Fsp3) is 0.833. The van der Waals surface area contributed by atoms with Crippen LogP contribution in [0.4, 0.5) is 0 Å². The van der Waals surface area contributed by atoms with E-state index in [0.29, 0.717) is 49.9 Å². The predicted octanol–water partition coefficient (Wildman–Crippen LogP) is 4.80. The zero-order valence-electron chi connectivity index (χ0n) is 23.3. The fourth-order valence-corrected chi connectivity index (χ4v) is 7.96. The molecule has 6 aliphatic rings. The summed E-state index contributed by atoms with van der Waals surface area (Å²) in [4.78, 5) is 11.9. The first kappa shape index (κ1) is 27.3. The van der Waals surface area contributed by atoms with Gasteiger partial charge in [-0.2, -0.15) is 0 Å². The van der Waals surface area contributed by atoms with Crippen LogP contribution in [-0.4, -0.2) is 58.3 Å². The third-order valence-electron chi connectivity index (χ3n) is 10.5. The Balaban J connectivity index is 1.20. The van der Waals surface area contributed by atoms with Crippen LogP contribution in [0.15, 0.2) is 23.8 Å². The van der Waals surface area contributed by atoms with Gasteiger partial charge in [0.1, 0.15) is 11.2 Å². The summed E-state index contributed by atoms with van der Waals surface area (Å²) in [6, 6.07) is 0. The van der Waals surface area contributed by atoms with Gasteiger partial charge in [0, 0.05) is 30.8 Å². The van der Waals surface area contributed by atoms with Gasteiger partial charge in [-0.1, -0.05) is 26.0 Å². The number of hydrogen-bond acceptors (Lipinski definition) is 7. The first-order valence-corrected chi connectivity index (χ1v) is 14.2. The van der Waals surface area contributed by atoms with Crippen LogP contribution in [0.5, 0.6) is 0 Å². The molecule has 5 heterocycles. The minimum atomic E-state index is -1.33. The second-order valence-corrected chi connectivity index (χ2v) is 13.5. The normalized spacial score (nSPS) is 44.8. The van der Waals surface area contributed by atoms with E-state index in [9.17, 15) is 15.0 Å². The Bertz CT molecular complexity index is 959. The van der Waals surface area contributed by atoms with E-state index in [1.165, 1.54) is 0 Å². The molecule has 1 aliphatic carbocycles. The molecule has 6 fully saturated rings. The minimum absolute atomic E-state index is 0.0922. The molecule has 0 radical (unpaired) electrons. The Morgan fingerprint density at radius 3 is 2.43 bits per heavy atom. The van der Waals surface area contributed by atoms with Crippen molar-refractivity contribution in [2.24, 2.45) is 23.2 Å². The van der Waals surface area contributed by atoms with E-state index in [2.05, 4.69) is 27.4 Å². The first-order chi connectivity index (χ1) is 17.2. The van der Waals surface area contributed by atoms with E-state index in [0.717, 1.165) is 44.1 Å². The molecule has 5 aliphatic heterocycles. The number of esters is 1. The number of cyclic esters (lactones) is 1. The van der Waals surface area contributed by atoms with Crippen molar-refractivity contribution in [2.75, 3.05) is 13.2 Å². The second kappa shape index (κ2) is 9.16. The molecule has 2 bridgehead atoms. The number of rotatable bonds is 5. The number of carbonyl (C=O) groups excluding carboxylic acids is 1. The van der Waals surface area contributed by atoms with Crippen molar-refractivity contribution in [1.82, 2.24) is 0 Å². The van der Waals surface area contributed by atoms with Crippen LogP contribution in [0.3, 0.4) is 0 Å². The summed E-state index contributed by atoms with van der Waals surface area (Å²) in [7, 11) is 0. The highest BCUT2D eigenvalue weighted by Gasteiger charge is 2.71. The molecule has 1 spiro atoms. The highest BCUT2D eigenvalue weighted by molar-refractivity contribution is 5.90. The Kier molecular flexibility index (Phi) is 6.76. The van der Waals surface area contributed by atoms with Gasteiger partial charge in [0.25, 0.3) is 0 Å². The van der Waals surface area contributed by atoms with Gasteiger partial charge in [0.05, 0.1) is 19.3 Å². The first-order valence-electron chi connectivity index (χ1n) is 14.2. The summed E-state index contributed by atoms with van der Waals surface area (Å²) >= 11 is 0. The largest absolute Gasteiger partial charge is 0.462 e. The number of hydrogen-bond donors (Lipinski definition) is 2. The second-order valence-electron chi connectivity index (χ2n) is 13.5. The maximum absolute atomic E-state index is 11.9. The number of aliphatic hydroxyl groups is 2. The Morgan fingerprint density at radius 2 is 1.81 bits per heavy atom. The van der Waals surface area contributed by atoms with E-state index in [1.807, 2.05) is 13.8 Å². The van der Waals surface area contributed by atoms with Crippen molar-refractivity contribution < 1.29 is 34.0 Å². The Labute approximate surface area is 221 Å². The van der Waals surface area contributed by atoms with Crippen molar-refractivity contribution in [2.45, 2.75) is 121 Å². The van der Waals surface area contributed by atoms with Crippen LogP contribution in [0.2, 0.25) is 0 Å². The summed E-state index contributed by atoms with van der Waals surface area (Å²) in [5.41, 5.74) is 0.167. The molecule has 0 aromatic rings. The number of carbonyl (C=O) groups is 1. The topological polar surface area (TPSA) is 94.5 Å². The van der Waals surface area contributed by atoms with Crippen molar-refractivity contribution in [3.63, 3.8) is 0 Å². The monoisotopic (exact) mass is 518 g/mol. The molecule has 7 atom stereocenters. The van der Waals surface area contributed by atoms with Crippen LogP contribution in [-0.2, 0) is 23.7 Å². The molecular formula is C30H46O7. The molecule has 6 rings (SSSR count). The molecule has 2 N–H and O–H groups in total. The van der Waals surface area contributed by atoms with Gasteiger partial charge >= 0.3 is 5.97 Å². The van der Waals surface area contributed by atoms with Crippen molar-refractivity contribution >= 4 is 5.97 Å². The van der Waals surface area contributed by atoms with Crippen molar-refractivity contribution in [3.8, 4) is 0 Å². The summed E-state index contributed by atoms with van der Waals surface area (Å²) in [5, 5.41) is 22.3. The van der Waals surface area contributed by atoms with Crippen molar-refractivity contribution in [3.05, 3.63) is 23.8 Å². The molecule has 37 heavy (non-hydrogen) atoms. The average molecular weight is 519 g/mol. The number of fused-ring (bicyclic) bond motifs is 2. The zero-order valence-corrected chi connectivity index (χ0v) is 23.3. The molecule has 7 nitrogen and oxygen atoms in total. The lowest BCUT2D eigenvalue weighted by Crippen LogP contribution is -2.78. The van der Waals surface area contributed by atoms with E-state index >= 15 is 0 Å². The molecule has 208 valence electrons. The standard InChI is InChI=1S/C30H46O7/c1-19-7-9-22(26(2,3)24(19)23(31)17-21-12-16-34-25(21)32)10-8-20-11-13-30(35-18-20)28(6)14-15-29(33,37-30)27(4,5)36-28/h17,20,22-24,31,33H,1,7-16,18H2,2-6H3/b21-17+/t20-,22-,23-,24+,28-,29-,30-/m0/s1. The average Bonchev–Trinajstić information content (AvgIpc) is 3.20. The summed E-state index contributed by atoms with van der Waals surface area (Å²) in [6.07, 6.45) is 8.52. The highest BCUT2D eigenvalue weighted by Crippen LogP contribution is 2.59. The molecule has 7 heteroatoms.